The van der Waals surface area contributed by atoms with E-state index in [9.17, 15) is 9.59 Å². The van der Waals surface area contributed by atoms with Gasteiger partial charge in [-0.3, -0.25) is 9.59 Å². The van der Waals surface area contributed by atoms with E-state index >= 15 is 0 Å². The van der Waals surface area contributed by atoms with Crippen LogP contribution in [-0.2, 0) is 0 Å². The average Bonchev–Trinajstić information content (AvgIpc) is 2.80. The van der Waals surface area contributed by atoms with E-state index in [1.54, 1.807) is 48.5 Å². The Kier molecular flexibility index (Phi) is 5.85. The van der Waals surface area contributed by atoms with Gasteiger partial charge in [-0.1, -0.05) is 30.3 Å². The van der Waals surface area contributed by atoms with E-state index in [0.717, 1.165) is 11.1 Å². The van der Waals surface area contributed by atoms with Gasteiger partial charge in [-0.05, 0) is 77.9 Å². The van der Waals surface area contributed by atoms with Crippen LogP contribution in [0.25, 0.3) is 11.1 Å². The molecule has 0 aliphatic carbocycles. The summed E-state index contributed by atoms with van der Waals surface area (Å²) in [6.45, 7) is 0. The Morgan fingerprint density at radius 2 is 1.03 bits per heavy atom. The topological polar surface area (TPSA) is 110 Å². The molecule has 0 saturated carbocycles. The van der Waals surface area contributed by atoms with Gasteiger partial charge in [0.25, 0.3) is 11.8 Å². The van der Waals surface area contributed by atoms with Crippen LogP contribution in [0.1, 0.15) is 20.7 Å². The summed E-state index contributed by atoms with van der Waals surface area (Å²) in [5, 5.41) is 5.73. The van der Waals surface area contributed by atoms with Crippen molar-refractivity contribution in [3.05, 3.63) is 108 Å². The Balaban J connectivity index is 1.40. The Bertz CT molecular complexity index is 1250. The van der Waals surface area contributed by atoms with E-state index in [-0.39, 0.29) is 11.8 Å². The monoisotopic (exact) mass is 422 g/mol. The molecule has 2 amide bonds. The summed E-state index contributed by atoms with van der Waals surface area (Å²) in [6, 6.07) is 28.7. The highest BCUT2D eigenvalue weighted by molar-refractivity contribution is 6.05. The molecule has 0 atom stereocenters. The Hall–Kier alpha value is -4.58. The summed E-state index contributed by atoms with van der Waals surface area (Å²) < 4.78 is 0. The lowest BCUT2D eigenvalue weighted by atomic mass is 10.0. The van der Waals surface area contributed by atoms with Gasteiger partial charge in [-0.15, -0.1) is 0 Å². The molecule has 0 spiro atoms. The van der Waals surface area contributed by atoms with Crippen LogP contribution >= 0.6 is 0 Å². The van der Waals surface area contributed by atoms with Crippen molar-refractivity contribution in [2.45, 2.75) is 0 Å². The van der Waals surface area contributed by atoms with E-state index in [1.807, 2.05) is 48.5 Å². The number of carbonyl (C=O) groups excluding carboxylic acids is 2. The summed E-state index contributed by atoms with van der Waals surface area (Å²) in [7, 11) is 0. The van der Waals surface area contributed by atoms with Gasteiger partial charge in [0, 0.05) is 33.9 Å². The largest absolute Gasteiger partial charge is 0.399 e. The number of hydrogen-bond acceptors (Lipinski definition) is 4. The summed E-state index contributed by atoms with van der Waals surface area (Å²) in [5.41, 5.74) is 17.0. The van der Waals surface area contributed by atoms with Crippen LogP contribution in [0.2, 0.25) is 0 Å². The number of carbonyl (C=O) groups is 2. The second kappa shape index (κ2) is 9.06. The first kappa shape index (κ1) is 20.7. The maximum atomic E-state index is 12.4. The third-order valence-corrected chi connectivity index (χ3v) is 4.94. The minimum absolute atomic E-state index is 0.196. The zero-order chi connectivity index (χ0) is 22.5. The molecule has 158 valence electrons. The van der Waals surface area contributed by atoms with Crippen LogP contribution in [0.4, 0.5) is 22.7 Å². The van der Waals surface area contributed by atoms with Crippen LogP contribution in [0, 0.1) is 0 Å². The smallest absolute Gasteiger partial charge is 0.255 e. The first-order valence-corrected chi connectivity index (χ1v) is 10.0. The van der Waals surface area contributed by atoms with Crippen LogP contribution < -0.4 is 22.1 Å². The Morgan fingerprint density at radius 1 is 0.531 bits per heavy atom. The van der Waals surface area contributed by atoms with Crippen LogP contribution in [0.5, 0.6) is 0 Å². The normalized spacial score (nSPS) is 10.4. The van der Waals surface area contributed by atoms with Crippen molar-refractivity contribution in [2.24, 2.45) is 0 Å². The summed E-state index contributed by atoms with van der Waals surface area (Å²) >= 11 is 0. The van der Waals surface area contributed by atoms with Gasteiger partial charge in [0.1, 0.15) is 0 Å². The number of hydrogen-bond donors (Lipinski definition) is 4. The Morgan fingerprint density at radius 3 is 1.53 bits per heavy atom. The maximum Gasteiger partial charge on any atom is 0.255 e. The number of nitrogen functional groups attached to an aromatic ring is 2. The standard InChI is InChI=1S/C26H22N4O2/c27-21-10-4-19(5-11-21)25(31)29-23-12-6-17(7-13-23)18-8-14-24(15-9-18)30-26(32)20-2-1-3-22(28)16-20/h1-16H,27-28H2,(H,29,31)(H,30,32). The van der Waals surface area contributed by atoms with Crippen molar-refractivity contribution in [3.8, 4) is 11.1 Å². The summed E-state index contributed by atoms with van der Waals surface area (Å²) in [4.78, 5) is 24.7. The molecule has 0 aliphatic heterocycles. The number of nitrogens with one attached hydrogen (secondary N) is 2. The second-order valence-corrected chi connectivity index (χ2v) is 7.31. The lowest BCUT2D eigenvalue weighted by Crippen LogP contribution is -2.12. The van der Waals surface area contributed by atoms with Crippen molar-refractivity contribution < 1.29 is 9.59 Å². The third kappa shape index (κ3) is 4.94. The minimum Gasteiger partial charge on any atom is -0.399 e. The van der Waals surface area contributed by atoms with Crippen LogP contribution in [-0.4, -0.2) is 11.8 Å². The quantitative estimate of drug-likeness (QED) is 0.338. The molecule has 4 aromatic carbocycles. The fraction of sp³-hybridized carbons (Fsp3) is 0. The van der Waals surface area contributed by atoms with Gasteiger partial charge < -0.3 is 22.1 Å². The van der Waals surface area contributed by atoms with Crippen molar-refractivity contribution in [2.75, 3.05) is 22.1 Å². The molecule has 4 rings (SSSR count). The molecule has 0 bridgehead atoms. The van der Waals surface area contributed by atoms with Gasteiger partial charge in [-0.2, -0.15) is 0 Å². The van der Waals surface area contributed by atoms with Crippen molar-refractivity contribution >= 4 is 34.6 Å². The van der Waals surface area contributed by atoms with Gasteiger partial charge in [-0.25, -0.2) is 0 Å². The van der Waals surface area contributed by atoms with E-state index < -0.39 is 0 Å². The Labute approximate surface area is 185 Å². The zero-order valence-corrected chi connectivity index (χ0v) is 17.2. The summed E-state index contributed by atoms with van der Waals surface area (Å²) in [6.07, 6.45) is 0. The molecule has 6 heteroatoms. The van der Waals surface area contributed by atoms with Crippen LogP contribution in [0.3, 0.4) is 0 Å². The predicted molar refractivity (Wildman–Crippen MR) is 129 cm³/mol. The second-order valence-electron chi connectivity index (χ2n) is 7.31. The van der Waals surface area contributed by atoms with E-state index in [0.29, 0.717) is 33.9 Å². The number of anilines is 4. The lowest BCUT2D eigenvalue weighted by Gasteiger charge is -2.09. The van der Waals surface area contributed by atoms with E-state index in [2.05, 4.69) is 10.6 Å². The highest BCUT2D eigenvalue weighted by atomic mass is 16.2. The SMILES string of the molecule is Nc1ccc(C(=O)Nc2ccc(-c3ccc(NC(=O)c4cccc(N)c4)cc3)cc2)cc1. The average molecular weight is 422 g/mol. The minimum atomic E-state index is -0.216. The lowest BCUT2D eigenvalue weighted by molar-refractivity contribution is 0.101. The molecule has 0 heterocycles. The van der Waals surface area contributed by atoms with Crippen LogP contribution in [0.15, 0.2) is 97.1 Å². The van der Waals surface area contributed by atoms with Crippen molar-refractivity contribution in [1.29, 1.82) is 0 Å². The van der Waals surface area contributed by atoms with Crippen molar-refractivity contribution in [1.82, 2.24) is 0 Å². The van der Waals surface area contributed by atoms with Gasteiger partial charge in [0.05, 0.1) is 0 Å². The molecule has 0 aliphatic rings. The number of rotatable bonds is 5. The molecule has 6 nitrogen and oxygen atoms in total. The molecule has 4 aromatic rings. The molecule has 6 N–H and O–H groups in total. The van der Waals surface area contributed by atoms with Gasteiger partial charge >= 0.3 is 0 Å². The third-order valence-electron chi connectivity index (χ3n) is 4.94. The van der Waals surface area contributed by atoms with E-state index in [4.69, 9.17) is 11.5 Å². The molecule has 0 fully saturated rings. The first-order valence-electron chi connectivity index (χ1n) is 10.0. The van der Waals surface area contributed by atoms with E-state index in [1.165, 1.54) is 0 Å². The van der Waals surface area contributed by atoms with Gasteiger partial charge in [0.15, 0.2) is 0 Å². The molecule has 0 radical (unpaired) electrons. The molecule has 0 aromatic heterocycles. The van der Waals surface area contributed by atoms with Gasteiger partial charge in [0.2, 0.25) is 0 Å². The summed E-state index contributed by atoms with van der Waals surface area (Å²) in [5.74, 6) is -0.413. The number of benzene rings is 4. The number of nitrogens with two attached hydrogens (primary N) is 2. The zero-order valence-electron chi connectivity index (χ0n) is 17.2. The molecular formula is C26H22N4O2. The molecule has 0 unspecified atom stereocenters. The number of amides is 2. The maximum absolute atomic E-state index is 12.4. The predicted octanol–water partition coefficient (Wildman–Crippen LogP) is 5.02. The fourth-order valence-electron chi connectivity index (χ4n) is 3.21. The highest BCUT2D eigenvalue weighted by Crippen LogP contribution is 2.24. The fourth-order valence-corrected chi connectivity index (χ4v) is 3.21. The highest BCUT2D eigenvalue weighted by Gasteiger charge is 2.08. The first-order chi connectivity index (χ1) is 15.5. The molecule has 32 heavy (non-hydrogen) atoms. The molecular weight excluding hydrogens is 400 g/mol. The molecule has 0 saturated heterocycles. The van der Waals surface area contributed by atoms with Crippen molar-refractivity contribution in [3.63, 3.8) is 0 Å².